The van der Waals surface area contributed by atoms with Gasteiger partial charge in [-0.2, -0.15) is 5.10 Å². The molecular weight excluding hydrogens is 320 g/mol. The van der Waals surface area contributed by atoms with Crippen LogP contribution in [0.15, 0.2) is 29.1 Å². The highest BCUT2D eigenvalue weighted by Gasteiger charge is 2.32. The van der Waals surface area contributed by atoms with E-state index in [4.69, 9.17) is 5.73 Å². The first-order valence-corrected chi connectivity index (χ1v) is 8.61. The van der Waals surface area contributed by atoms with Gasteiger partial charge in [-0.05, 0) is 18.9 Å². The monoisotopic (exact) mass is 342 g/mol. The highest BCUT2D eigenvalue weighted by molar-refractivity contribution is 6.05. The second-order valence-electron chi connectivity index (χ2n) is 6.42. The molecule has 0 radical (unpaired) electrons. The fraction of sp³-hybridized carbons (Fsp3) is 0.444. The molecular formula is C18H22N4O3. The van der Waals surface area contributed by atoms with Crippen molar-refractivity contribution in [1.29, 1.82) is 0 Å². The van der Waals surface area contributed by atoms with Gasteiger partial charge in [0.05, 0.1) is 11.3 Å². The molecule has 1 aromatic heterocycles. The number of carbonyl (C=O) groups excluding carboxylic acids is 2. The summed E-state index contributed by atoms with van der Waals surface area (Å²) in [5, 5.41) is 5.39. The van der Waals surface area contributed by atoms with Crippen LogP contribution in [0.1, 0.15) is 36.7 Å². The molecule has 1 aromatic carbocycles. The van der Waals surface area contributed by atoms with E-state index in [2.05, 4.69) is 5.10 Å². The summed E-state index contributed by atoms with van der Waals surface area (Å²) in [6.07, 6.45) is 2.30. The SMILES string of the molecule is CCCCn1nc(C(=O)N2CC[C@@H](C(N)=O)C2)c2ccccc2c1=O. The molecule has 1 aliphatic heterocycles. The number of nitrogens with zero attached hydrogens (tertiary/aromatic N) is 3. The van der Waals surface area contributed by atoms with Gasteiger partial charge in [0.25, 0.3) is 11.5 Å². The van der Waals surface area contributed by atoms with Gasteiger partial charge in [-0.15, -0.1) is 0 Å². The first-order chi connectivity index (χ1) is 12.0. The molecule has 3 rings (SSSR count). The average Bonchev–Trinajstić information content (AvgIpc) is 3.11. The number of carbonyl (C=O) groups is 2. The number of amides is 2. The van der Waals surface area contributed by atoms with Crippen molar-refractivity contribution in [3.05, 3.63) is 40.3 Å². The smallest absolute Gasteiger partial charge is 0.274 e. The number of rotatable bonds is 5. The topological polar surface area (TPSA) is 98.3 Å². The second-order valence-corrected chi connectivity index (χ2v) is 6.42. The zero-order valence-corrected chi connectivity index (χ0v) is 14.3. The predicted octanol–water partition coefficient (Wildman–Crippen LogP) is 1.14. The van der Waals surface area contributed by atoms with E-state index in [1.54, 1.807) is 29.2 Å². The maximum absolute atomic E-state index is 13.0. The summed E-state index contributed by atoms with van der Waals surface area (Å²) in [6.45, 7) is 3.28. The lowest BCUT2D eigenvalue weighted by atomic mass is 10.1. The Kier molecular flexibility index (Phi) is 4.83. The number of benzene rings is 1. The number of likely N-dealkylation sites (tertiary alicyclic amines) is 1. The van der Waals surface area contributed by atoms with Crippen LogP contribution in [-0.2, 0) is 11.3 Å². The Morgan fingerprint density at radius 2 is 2.00 bits per heavy atom. The second kappa shape index (κ2) is 7.04. The summed E-state index contributed by atoms with van der Waals surface area (Å²) in [6, 6.07) is 7.02. The number of nitrogens with two attached hydrogens (primary N) is 1. The largest absolute Gasteiger partial charge is 0.369 e. The van der Waals surface area contributed by atoms with Crippen LogP contribution in [0.3, 0.4) is 0 Å². The van der Waals surface area contributed by atoms with Gasteiger partial charge >= 0.3 is 0 Å². The van der Waals surface area contributed by atoms with Crippen molar-refractivity contribution in [2.75, 3.05) is 13.1 Å². The molecule has 7 heteroatoms. The molecule has 0 unspecified atom stereocenters. The molecule has 2 heterocycles. The molecule has 1 fully saturated rings. The molecule has 7 nitrogen and oxygen atoms in total. The minimum absolute atomic E-state index is 0.183. The third-order valence-corrected chi connectivity index (χ3v) is 4.67. The van der Waals surface area contributed by atoms with E-state index in [1.807, 2.05) is 6.92 Å². The van der Waals surface area contributed by atoms with Gasteiger partial charge in [0.1, 0.15) is 0 Å². The average molecular weight is 342 g/mol. The van der Waals surface area contributed by atoms with E-state index in [0.717, 1.165) is 12.8 Å². The standard InChI is InChI=1S/C18H22N4O3/c1-2-3-9-22-17(24)14-7-5-4-6-13(14)15(20-22)18(25)21-10-8-12(11-21)16(19)23/h4-7,12H,2-3,8-11H2,1H3,(H2,19,23)/t12-/m1/s1. The molecule has 1 atom stereocenters. The lowest BCUT2D eigenvalue weighted by Crippen LogP contribution is -2.34. The Morgan fingerprint density at radius 1 is 1.28 bits per heavy atom. The molecule has 25 heavy (non-hydrogen) atoms. The van der Waals surface area contributed by atoms with E-state index in [9.17, 15) is 14.4 Å². The van der Waals surface area contributed by atoms with E-state index < -0.39 is 0 Å². The zero-order valence-electron chi connectivity index (χ0n) is 14.3. The summed E-state index contributed by atoms with van der Waals surface area (Å²) >= 11 is 0. The van der Waals surface area contributed by atoms with E-state index in [1.165, 1.54) is 4.68 Å². The van der Waals surface area contributed by atoms with Gasteiger partial charge < -0.3 is 10.6 Å². The molecule has 0 bridgehead atoms. The Bertz CT molecular complexity index is 874. The van der Waals surface area contributed by atoms with E-state index in [0.29, 0.717) is 36.8 Å². The molecule has 2 amide bonds. The predicted molar refractivity (Wildman–Crippen MR) is 94.1 cm³/mol. The summed E-state index contributed by atoms with van der Waals surface area (Å²) in [5.74, 6) is -0.965. The normalized spacial score (nSPS) is 17.2. The fourth-order valence-corrected chi connectivity index (χ4v) is 3.18. The molecule has 0 saturated carbocycles. The summed E-state index contributed by atoms with van der Waals surface area (Å²) in [5.41, 5.74) is 5.43. The Hall–Kier alpha value is -2.70. The third-order valence-electron chi connectivity index (χ3n) is 4.67. The molecule has 0 aliphatic carbocycles. The number of fused-ring (bicyclic) bond motifs is 1. The maximum atomic E-state index is 13.0. The van der Waals surface area contributed by atoms with Crippen LogP contribution in [0.5, 0.6) is 0 Å². The molecule has 2 aromatic rings. The Morgan fingerprint density at radius 3 is 2.64 bits per heavy atom. The van der Waals surface area contributed by atoms with Crippen LogP contribution >= 0.6 is 0 Å². The third kappa shape index (κ3) is 3.26. The van der Waals surface area contributed by atoms with Crippen LogP contribution in [0.2, 0.25) is 0 Å². The minimum Gasteiger partial charge on any atom is -0.369 e. The molecule has 1 aliphatic rings. The zero-order chi connectivity index (χ0) is 18.0. The van der Waals surface area contributed by atoms with Crippen LogP contribution in [0.25, 0.3) is 10.8 Å². The summed E-state index contributed by atoms with van der Waals surface area (Å²) in [4.78, 5) is 38.5. The van der Waals surface area contributed by atoms with Gasteiger partial charge in [0, 0.05) is 25.0 Å². The fourth-order valence-electron chi connectivity index (χ4n) is 3.18. The Labute approximate surface area is 145 Å². The van der Waals surface area contributed by atoms with Crippen LogP contribution < -0.4 is 11.3 Å². The lowest BCUT2D eigenvalue weighted by Gasteiger charge is -2.17. The first-order valence-electron chi connectivity index (χ1n) is 8.61. The van der Waals surface area contributed by atoms with E-state index >= 15 is 0 Å². The van der Waals surface area contributed by atoms with Gasteiger partial charge in [0.15, 0.2) is 5.69 Å². The number of hydrogen-bond acceptors (Lipinski definition) is 4. The number of primary amides is 1. The van der Waals surface area contributed by atoms with Crippen molar-refractivity contribution >= 4 is 22.6 Å². The van der Waals surface area contributed by atoms with Crippen molar-refractivity contribution in [1.82, 2.24) is 14.7 Å². The molecule has 1 saturated heterocycles. The van der Waals surface area contributed by atoms with Crippen molar-refractivity contribution in [2.45, 2.75) is 32.7 Å². The van der Waals surface area contributed by atoms with Gasteiger partial charge in [-0.25, -0.2) is 4.68 Å². The maximum Gasteiger partial charge on any atom is 0.274 e. The quantitative estimate of drug-likeness (QED) is 0.881. The highest BCUT2D eigenvalue weighted by atomic mass is 16.2. The van der Waals surface area contributed by atoms with Crippen LogP contribution in [-0.4, -0.2) is 39.6 Å². The molecule has 2 N–H and O–H groups in total. The number of unbranched alkanes of at least 4 members (excludes halogenated alkanes) is 1. The number of aromatic nitrogens is 2. The van der Waals surface area contributed by atoms with Gasteiger partial charge in [-0.1, -0.05) is 31.5 Å². The molecule has 132 valence electrons. The van der Waals surface area contributed by atoms with Crippen molar-refractivity contribution in [3.63, 3.8) is 0 Å². The van der Waals surface area contributed by atoms with Crippen LogP contribution in [0.4, 0.5) is 0 Å². The van der Waals surface area contributed by atoms with Crippen molar-refractivity contribution < 1.29 is 9.59 Å². The number of hydrogen-bond donors (Lipinski definition) is 1. The van der Waals surface area contributed by atoms with E-state index in [-0.39, 0.29) is 29.0 Å². The summed E-state index contributed by atoms with van der Waals surface area (Å²) in [7, 11) is 0. The van der Waals surface area contributed by atoms with Crippen molar-refractivity contribution in [2.24, 2.45) is 11.7 Å². The van der Waals surface area contributed by atoms with Crippen LogP contribution in [0, 0.1) is 5.92 Å². The lowest BCUT2D eigenvalue weighted by molar-refractivity contribution is -0.121. The Balaban J connectivity index is 2.03. The molecule has 0 spiro atoms. The van der Waals surface area contributed by atoms with Gasteiger partial charge in [-0.3, -0.25) is 14.4 Å². The minimum atomic E-state index is -0.388. The highest BCUT2D eigenvalue weighted by Crippen LogP contribution is 2.21. The first kappa shape index (κ1) is 17.1. The van der Waals surface area contributed by atoms with Crippen molar-refractivity contribution in [3.8, 4) is 0 Å². The number of aryl methyl sites for hydroxylation is 1. The van der Waals surface area contributed by atoms with Gasteiger partial charge in [0.2, 0.25) is 5.91 Å². The summed E-state index contributed by atoms with van der Waals surface area (Å²) < 4.78 is 1.38.